The van der Waals surface area contributed by atoms with E-state index in [9.17, 15) is 32.3 Å². The van der Waals surface area contributed by atoms with Gasteiger partial charge in [0.05, 0.1) is 32.2 Å². The molecule has 2 atom stereocenters. The topological polar surface area (TPSA) is 154 Å². The van der Waals surface area contributed by atoms with E-state index in [0.717, 1.165) is 16.7 Å². The number of nitrogens with one attached hydrogen (secondary N) is 3. The Hall–Kier alpha value is -5.96. The summed E-state index contributed by atoms with van der Waals surface area (Å²) < 4.78 is 48.6. The van der Waals surface area contributed by atoms with Crippen LogP contribution in [0.15, 0.2) is 109 Å². The van der Waals surface area contributed by atoms with Crippen molar-refractivity contribution in [1.29, 1.82) is 0 Å². The van der Waals surface area contributed by atoms with Gasteiger partial charge in [-0.05, 0) is 34.4 Å². The number of hydrogen-bond donors (Lipinski definition) is 3. The van der Waals surface area contributed by atoms with Gasteiger partial charge in [0.25, 0.3) is 0 Å². The van der Waals surface area contributed by atoms with Crippen molar-refractivity contribution in [3.05, 3.63) is 120 Å². The zero-order chi connectivity index (χ0) is 35.8. The van der Waals surface area contributed by atoms with Gasteiger partial charge in [0.2, 0.25) is 5.91 Å². The van der Waals surface area contributed by atoms with E-state index in [1.54, 1.807) is 72.9 Å². The molecule has 0 aliphatic carbocycles. The molecule has 0 saturated carbocycles. The summed E-state index contributed by atoms with van der Waals surface area (Å²) in [6.07, 6.45) is -5.50. The maximum absolute atomic E-state index is 13.6. The van der Waals surface area contributed by atoms with Crippen LogP contribution in [0.25, 0.3) is 11.1 Å². The van der Waals surface area contributed by atoms with E-state index in [2.05, 4.69) is 30.7 Å². The number of alkyl carbamates (subject to hydrolysis) is 1. The van der Waals surface area contributed by atoms with Crippen LogP contribution in [-0.2, 0) is 40.2 Å². The summed E-state index contributed by atoms with van der Waals surface area (Å²) in [6, 6.07) is 27.7. The minimum Gasteiger partial charge on any atom is -0.448 e. The second-order valence-corrected chi connectivity index (χ2v) is 10.6. The second-order valence-electron chi connectivity index (χ2n) is 10.6. The molecule has 50 heavy (non-hydrogen) atoms. The fourth-order valence-corrected chi connectivity index (χ4v) is 4.42. The average Bonchev–Trinajstić information content (AvgIpc) is 3.12. The lowest BCUT2D eigenvalue weighted by Gasteiger charge is -2.23. The van der Waals surface area contributed by atoms with Crippen molar-refractivity contribution in [3.8, 4) is 11.1 Å². The summed E-state index contributed by atoms with van der Waals surface area (Å²) in [4.78, 5) is 61.7. The van der Waals surface area contributed by atoms with Crippen molar-refractivity contribution in [2.24, 2.45) is 0 Å². The van der Waals surface area contributed by atoms with Crippen LogP contribution < -0.4 is 16.0 Å². The van der Waals surface area contributed by atoms with Gasteiger partial charge in [0.1, 0.15) is 18.5 Å². The summed E-state index contributed by atoms with van der Waals surface area (Å²) in [5, 5.41) is 8.03. The van der Waals surface area contributed by atoms with Crippen LogP contribution in [0.2, 0.25) is 0 Å². The Morgan fingerprint density at radius 1 is 0.760 bits per heavy atom. The highest BCUT2D eigenvalue weighted by molar-refractivity contribution is 5.86. The van der Waals surface area contributed by atoms with Gasteiger partial charge >= 0.3 is 24.2 Å². The Balaban J connectivity index is 1.46. The third kappa shape index (κ3) is 12.2. The highest BCUT2D eigenvalue weighted by Crippen LogP contribution is 2.24. The molecular formula is C35H33F3N4O8. The van der Waals surface area contributed by atoms with E-state index >= 15 is 0 Å². The smallest absolute Gasteiger partial charge is 0.448 e. The molecule has 2 unspecified atom stereocenters. The number of carbonyl (C=O) groups is 4. The molecule has 4 rings (SSSR count). The Morgan fingerprint density at radius 3 is 2.08 bits per heavy atom. The molecule has 0 aliphatic rings. The van der Waals surface area contributed by atoms with E-state index in [1.807, 2.05) is 36.4 Å². The van der Waals surface area contributed by atoms with Crippen molar-refractivity contribution < 1.29 is 51.6 Å². The molecule has 0 saturated heterocycles. The first-order valence-electron chi connectivity index (χ1n) is 15.2. The Kier molecular flexibility index (Phi) is 13.7. The molecule has 3 aromatic carbocycles. The van der Waals surface area contributed by atoms with Crippen LogP contribution in [0.3, 0.4) is 0 Å². The molecule has 0 spiro atoms. The van der Waals surface area contributed by atoms with Crippen molar-refractivity contribution in [1.82, 2.24) is 15.6 Å². The SMILES string of the molecule is O=C(CC(NC(=O)C(COCc1ccccc1)NC(=O)OCCNc1ccccn1)c1ccc(-c2ccccc2)cc1)OOC(=O)C(F)(F)F. The molecule has 4 aromatic rings. The number of ether oxygens (including phenoxy) is 2. The lowest BCUT2D eigenvalue weighted by atomic mass is 9.99. The van der Waals surface area contributed by atoms with Gasteiger partial charge in [-0.25, -0.2) is 29.1 Å². The zero-order valence-corrected chi connectivity index (χ0v) is 26.4. The molecule has 262 valence electrons. The Labute approximate surface area is 284 Å². The lowest BCUT2D eigenvalue weighted by Crippen LogP contribution is -2.50. The number of anilines is 1. The molecule has 15 heteroatoms. The normalized spacial score (nSPS) is 12.1. The maximum Gasteiger partial charge on any atom is 0.495 e. The number of carbonyl (C=O) groups excluding carboxylic acids is 4. The quantitative estimate of drug-likeness (QED) is 0.0851. The van der Waals surface area contributed by atoms with Gasteiger partial charge in [0, 0.05) is 6.20 Å². The van der Waals surface area contributed by atoms with Crippen LogP contribution in [-0.4, -0.2) is 60.9 Å². The number of aromatic nitrogens is 1. The molecule has 2 amide bonds. The summed E-state index contributed by atoms with van der Waals surface area (Å²) in [6.45, 7) is -0.0969. The van der Waals surface area contributed by atoms with Gasteiger partial charge in [-0.3, -0.25) is 4.79 Å². The van der Waals surface area contributed by atoms with Crippen molar-refractivity contribution in [3.63, 3.8) is 0 Å². The van der Waals surface area contributed by atoms with Crippen LogP contribution in [0.1, 0.15) is 23.6 Å². The van der Waals surface area contributed by atoms with E-state index < -0.39 is 48.6 Å². The predicted molar refractivity (Wildman–Crippen MR) is 173 cm³/mol. The monoisotopic (exact) mass is 694 g/mol. The zero-order valence-electron chi connectivity index (χ0n) is 26.4. The van der Waals surface area contributed by atoms with Gasteiger partial charge in [-0.2, -0.15) is 13.2 Å². The van der Waals surface area contributed by atoms with Crippen molar-refractivity contribution in [2.45, 2.75) is 31.3 Å². The number of benzene rings is 3. The summed E-state index contributed by atoms with van der Waals surface area (Å²) in [5.74, 6) is -4.37. The van der Waals surface area contributed by atoms with E-state index in [-0.39, 0.29) is 26.4 Å². The standard InChI is InChI=1S/C35H33F3N4O8/c36-35(37,38)33(45)50-49-31(43)21-28(27-16-14-26(15-17-27)25-11-5-2-6-12-25)41-32(44)29(23-47-22-24-9-3-1-4-10-24)42-34(46)48-20-19-40-30-13-7-8-18-39-30/h1-18,28-29H,19-23H2,(H,39,40)(H,41,44)(H,42,46). The van der Waals surface area contributed by atoms with Gasteiger partial charge < -0.3 is 25.4 Å². The van der Waals surface area contributed by atoms with Crippen LogP contribution in [0, 0.1) is 0 Å². The summed E-state index contributed by atoms with van der Waals surface area (Å²) >= 11 is 0. The van der Waals surface area contributed by atoms with Crippen molar-refractivity contribution in [2.75, 3.05) is 25.1 Å². The number of alkyl halides is 3. The third-order valence-corrected chi connectivity index (χ3v) is 6.86. The van der Waals surface area contributed by atoms with Gasteiger partial charge in [0.15, 0.2) is 0 Å². The number of hydrogen-bond acceptors (Lipinski definition) is 10. The molecule has 3 N–H and O–H groups in total. The van der Waals surface area contributed by atoms with Crippen LogP contribution in [0.5, 0.6) is 0 Å². The summed E-state index contributed by atoms with van der Waals surface area (Å²) in [5.41, 5.74) is 2.83. The molecular weight excluding hydrogens is 661 g/mol. The number of halogens is 3. The average molecular weight is 695 g/mol. The molecule has 12 nitrogen and oxygen atoms in total. The maximum atomic E-state index is 13.6. The Bertz CT molecular complexity index is 1680. The molecule has 0 bridgehead atoms. The predicted octanol–water partition coefficient (Wildman–Crippen LogP) is 5.28. The van der Waals surface area contributed by atoms with Gasteiger partial charge in [-0.15, -0.1) is 0 Å². The minimum atomic E-state index is -5.40. The van der Waals surface area contributed by atoms with Crippen LogP contribution in [0.4, 0.5) is 23.8 Å². The molecule has 1 heterocycles. The first kappa shape index (κ1) is 36.9. The number of rotatable bonds is 15. The van der Waals surface area contributed by atoms with E-state index in [0.29, 0.717) is 11.4 Å². The molecule has 1 aromatic heterocycles. The van der Waals surface area contributed by atoms with E-state index in [4.69, 9.17) is 9.47 Å². The third-order valence-electron chi connectivity index (χ3n) is 6.86. The highest BCUT2D eigenvalue weighted by atomic mass is 19.4. The number of nitrogens with zero attached hydrogens (tertiary/aromatic N) is 1. The summed E-state index contributed by atoms with van der Waals surface area (Å²) in [7, 11) is 0. The minimum absolute atomic E-state index is 0.0828. The lowest BCUT2D eigenvalue weighted by molar-refractivity contribution is -0.286. The van der Waals surface area contributed by atoms with E-state index in [1.165, 1.54) is 0 Å². The fraction of sp³-hybridized carbons (Fsp3) is 0.229. The largest absolute Gasteiger partial charge is 0.495 e. The number of pyridine rings is 1. The highest BCUT2D eigenvalue weighted by Gasteiger charge is 2.43. The molecule has 0 fully saturated rings. The van der Waals surface area contributed by atoms with Crippen LogP contribution >= 0.6 is 0 Å². The first-order valence-corrected chi connectivity index (χ1v) is 15.2. The molecule has 0 radical (unpaired) electrons. The number of amides is 2. The second kappa shape index (κ2) is 18.5. The molecule has 0 aliphatic heterocycles. The van der Waals surface area contributed by atoms with Gasteiger partial charge in [-0.1, -0.05) is 91.0 Å². The van der Waals surface area contributed by atoms with Crippen molar-refractivity contribution >= 4 is 29.8 Å². The fourth-order valence-electron chi connectivity index (χ4n) is 4.42. The Morgan fingerprint density at radius 2 is 1.42 bits per heavy atom. The first-order chi connectivity index (χ1) is 24.1.